The third kappa shape index (κ3) is 4.88. The second kappa shape index (κ2) is 10.1. The van der Waals surface area contributed by atoms with Crippen molar-refractivity contribution in [3.8, 4) is 0 Å². The number of nitrogens with zero attached hydrogens (tertiary/aromatic N) is 3. The second-order valence-electron chi connectivity index (χ2n) is 8.86. The highest BCUT2D eigenvalue weighted by atomic mass is 32.2. The monoisotopic (exact) mass is 501 g/mol. The first-order valence-corrected chi connectivity index (χ1v) is 13.8. The molecule has 1 aliphatic rings. The fourth-order valence-electron chi connectivity index (χ4n) is 4.55. The molecule has 0 spiro atoms. The normalized spacial score (nSPS) is 18.0. The molecular weight excluding hydrogens is 470 g/mol. The number of thiazole rings is 1. The summed E-state index contributed by atoms with van der Waals surface area (Å²) in [6.45, 7) is 7.67. The van der Waals surface area contributed by atoms with Gasteiger partial charge in [-0.05, 0) is 75.1 Å². The standard InChI is InChI=1S/C25H31N3O4S2/c1-17-15-18(2)23-22(16-17)33-25(27(23)13-14-32-4)26-24(29)20-8-10-21(11-9-20)34(30,31)28-12-6-5-7-19(28)3/h8-11,15-16,19H,5-7,12-14H2,1-4H3. The maximum Gasteiger partial charge on any atom is 0.279 e. The van der Waals surface area contributed by atoms with Gasteiger partial charge in [-0.2, -0.15) is 9.30 Å². The summed E-state index contributed by atoms with van der Waals surface area (Å²) in [6.07, 6.45) is 2.78. The van der Waals surface area contributed by atoms with Crippen molar-refractivity contribution in [2.45, 2.75) is 57.5 Å². The van der Waals surface area contributed by atoms with Crippen LogP contribution in [-0.4, -0.2) is 49.5 Å². The lowest BCUT2D eigenvalue weighted by Crippen LogP contribution is -2.41. The number of benzene rings is 2. The molecule has 1 fully saturated rings. The number of aryl methyl sites for hydroxylation is 2. The number of sulfonamides is 1. The fraction of sp³-hybridized carbons (Fsp3) is 0.440. The summed E-state index contributed by atoms with van der Waals surface area (Å²) in [5, 5.41) is 0. The lowest BCUT2D eigenvalue weighted by atomic mass is 10.1. The molecule has 1 aliphatic heterocycles. The number of hydrogen-bond donors (Lipinski definition) is 0. The fourth-order valence-corrected chi connectivity index (χ4v) is 7.48. The van der Waals surface area contributed by atoms with Crippen molar-refractivity contribution in [3.63, 3.8) is 0 Å². The molecule has 0 radical (unpaired) electrons. The van der Waals surface area contributed by atoms with Gasteiger partial charge in [-0.25, -0.2) is 8.42 Å². The van der Waals surface area contributed by atoms with Crippen molar-refractivity contribution < 1.29 is 17.9 Å². The maximum atomic E-state index is 13.1. The van der Waals surface area contributed by atoms with E-state index in [1.165, 1.54) is 23.5 Å². The minimum atomic E-state index is -3.58. The molecule has 1 saturated heterocycles. The van der Waals surface area contributed by atoms with E-state index in [1.54, 1.807) is 23.5 Å². The number of rotatable bonds is 6. The van der Waals surface area contributed by atoms with E-state index in [0.717, 1.165) is 40.6 Å². The first-order chi connectivity index (χ1) is 16.2. The predicted octanol–water partition coefficient (Wildman–Crippen LogP) is 4.27. The molecule has 34 heavy (non-hydrogen) atoms. The van der Waals surface area contributed by atoms with Gasteiger partial charge in [-0.15, -0.1) is 0 Å². The summed E-state index contributed by atoms with van der Waals surface area (Å²) < 4.78 is 36.1. The van der Waals surface area contributed by atoms with Crippen LogP contribution in [0.15, 0.2) is 46.3 Å². The zero-order chi connectivity index (χ0) is 24.5. The Morgan fingerprint density at radius 3 is 2.59 bits per heavy atom. The van der Waals surface area contributed by atoms with E-state index in [-0.39, 0.29) is 10.9 Å². The number of aromatic nitrogens is 1. The molecule has 0 bridgehead atoms. The van der Waals surface area contributed by atoms with Gasteiger partial charge in [0, 0.05) is 31.8 Å². The highest BCUT2D eigenvalue weighted by Gasteiger charge is 2.30. The van der Waals surface area contributed by atoms with Crippen LogP contribution in [0.3, 0.4) is 0 Å². The lowest BCUT2D eigenvalue weighted by Gasteiger charge is -2.32. The molecule has 182 valence electrons. The van der Waals surface area contributed by atoms with Crippen molar-refractivity contribution in [1.82, 2.24) is 8.87 Å². The van der Waals surface area contributed by atoms with Gasteiger partial charge in [0.15, 0.2) is 4.80 Å². The van der Waals surface area contributed by atoms with E-state index < -0.39 is 15.9 Å². The molecule has 0 aliphatic carbocycles. The quantitative estimate of drug-likeness (QED) is 0.505. The number of carbonyl (C=O) groups excluding carboxylic acids is 1. The molecule has 1 aromatic heterocycles. The average molecular weight is 502 g/mol. The SMILES string of the molecule is COCCn1c(=NC(=O)c2ccc(S(=O)(=O)N3CCCCC3C)cc2)sc2cc(C)cc(C)c21. The van der Waals surface area contributed by atoms with E-state index in [0.29, 0.717) is 30.1 Å². The molecule has 1 atom stereocenters. The number of amides is 1. The number of carbonyl (C=O) groups is 1. The van der Waals surface area contributed by atoms with Crippen LogP contribution in [0.25, 0.3) is 10.2 Å². The molecular formula is C25H31N3O4S2. The molecule has 2 heterocycles. The minimum absolute atomic E-state index is 0.0161. The highest BCUT2D eigenvalue weighted by molar-refractivity contribution is 7.89. The van der Waals surface area contributed by atoms with Gasteiger partial charge in [-0.1, -0.05) is 23.8 Å². The van der Waals surface area contributed by atoms with Crippen molar-refractivity contribution in [2.75, 3.05) is 20.3 Å². The Hall–Kier alpha value is -2.33. The van der Waals surface area contributed by atoms with Gasteiger partial charge < -0.3 is 9.30 Å². The van der Waals surface area contributed by atoms with E-state index >= 15 is 0 Å². The Kier molecular flexibility index (Phi) is 7.37. The van der Waals surface area contributed by atoms with Crippen molar-refractivity contribution in [2.24, 2.45) is 4.99 Å². The van der Waals surface area contributed by atoms with Gasteiger partial charge in [0.2, 0.25) is 10.0 Å². The Morgan fingerprint density at radius 2 is 1.91 bits per heavy atom. The second-order valence-corrected chi connectivity index (χ2v) is 11.8. The molecule has 0 N–H and O–H groups in total. The summed E-state index contributed by atoms with van der Waals surface area (Å²) in [5.41, 5.74) is 3.69. The molecule has 4 rings (SSSR count). The highest BCUT2D eigenvalue weighted by Crippen LogP contribution is 2.26. The zero-order valence-electron chi connectivity index (χ0n) is 20.1. The summed E-state index contributed by atoms with van der Waals surface area (Å²) >= 11 is 1.47. The Balaban J connectivity index is 1.67. The topological polar surface area (TPSA) is 81.0 Å². The maximum absolute atomic E-state index is 13.1. The molecule has 1 amide bonds. The van der Waals surface area contributed by atoms with Gasteiger partial charge in [0.1, 0.15) is 0 Å². The third-order valence-corrected chi connectivity index (χ3v) is 9.33. The predicted molar refractivity (Wildman–Crippen MR) is 135 cm³/mol. The molecule has 9 heteroatoms. The summed E-state index contributed by atoms with van der Waals surface area (Å²) in [4.78, 5) is 18.2. The van der Waals surface area contributed by atoms with Gasteiger partial charge in [0.05, 0.1) is 21.7 Å². The molecule has 7 nitrogen and oxygen atoms in total. The van der Waals surface area contributed by atoms with Gasteiger partial charge >= 0.3 is 0 Å². The van der Waals surface area contributed by atoms with Gasteiger partial charge in [0.25, 0.3) is 5.91 Å². The first-order valence-electron chi connectivity index (χ1n) is 11.5. The number of hydrogen-bond acceptors (Lipinski definition) is 5. The van der Waals surface area contributed by atoms with Crippen LogP contribution in [0.1, 0.15) is 47.7 Å². The van der Waals surface area contributed by atoms with E-state index in [1.807, 2.05) is 18.4 Å². The van der Waals surface area contributed by atoms with E-state index in [9.17, 15) is 13.2 Å². The smallest absolute Gasteiger partial charge is 0.279 e. The lowest BCUT2D eigenvalue weighted by molar-refractivity contribution is 0.0997. The Bertz CT molecular complexity index is 1370. The number of piperidine rings is 1. The van der Waals surface area contributed by atoms with Crippen LogP contribution in [0.4, 0.5) is 0 Å². The van der Waals surface area contributed by atoms with Gasteiger partial charge in [-0.3, -0.25) is 4.79 Å². The van der Waals surface area contributed by atoms with Crippen LogP contribution >= 0.6 is 11.3 Å². The first kappa shape index (κ1) is 24.8. The summed E-state index contributed by atoms with van der Waals surface area (Å²) in [5.74, 6) is -0.401. The Labute approximate surface area is 204 Å². The van der Waals surface area contributed by atoms with Crippen LogP contribution < -0.4 is 4.80 Å². The third-order valence-electron chi connectivity index (χ3n) is 6.28. The number of fused-ring (bicyclic) bond motifs is 1. The Morgan fingerprint density at radius 1 is 1.18 bits per heavy atom. The van der Waals surface area contributed by atoms with Crippen molar-refractivity contribution in [3.05, 3.63) is 57.9 Å². The van der Waals surface area contributed by atoms with Crippen LogP contribution in [-0.2, 0) is 21.3 Å². The van der Waals surface area contributed by atoms with Crippen LogP contribution in [0.5, 0.6) is 0 Å². The van der Waals surface area contributed by atoms with E-state index in [2.05, 4.69) is 24.0 Å². The number of ether oxygens (including phenoxy) is 1. The zero-order valence-corrected chi connectivity index (χ0v) is 21.7. The van der Waals surface area contributed by atoms with Crippen molar-refractivity contribution in [1.29, 1.82) is 0 Å². The summed E-state index contributed by atoms with van der Waals surface area (Å²) in [7, 11) is -1.93. The molecule has 2 aromatic carbocycles. The largest absolute Gasteiger partial charge is 0.383 e. The van der Waals surface area contributed by atoms with Crippen LogP contribution in [0, 0.1) is 13.8 Å². The summed E-state index contributed by atoms with van der Waals surface area (Å²) in [6, 6.07) is 10.3. The van der Waals surface area contributed by atoms with Crippen LogP contribution in [0.2, 0.25) is 0 Å². The van der Waals surface area contributed by atoms with Crippen molar-refractivity contribution >= 4 is 37.5 Å². The molecule has 1 unspecified atom stereocenters. The minimum Gasteiger partial charge on any atom is -0.383 e. The molecule has 3 aromatic rings. The average Bonchev–Trinajstić information content (AvgIpc) is 3.14. The molecule has 0 saturated carbocycles. The number of methoxy groups -OCH3 is 1. The van der Waals surface area contributed by atoms with E-state index in [4.69, 9.17) is 4.74 Å².